The van der Waals surface area contributed by atoms with Gasteiger partial charge in [0.1, 0.15) is 11.6 Å². The first-order chi connectivity index (χ1) is 11.2. The Morgan fingerprint density at radius 3 is 2.87 bits per heavy atom. The van der Waals surface area contributed by atoms with Gasteiger partial charge in [-0.25, -0.2) is 9.97 Å². The third kappa shape index (κ3) is 3.66. The Morgan fingerprint density at radius 2 is 2.17 bits per heavy atom. The Morgan fingerprint density at radius 1 is 1.35 bits per heavy atom. The number of ether oxygens (including phenoxy) is 1. The first kappa shape index (κ1) is 16.7. The number of anilines is 1. The van der Waals surface area contributed by atoms with Crippen molar-refractivity contribution in [1.82, 2.24) is 15.3 Å². The SMILES string of the molecule is CCC1(CC)CN(c2cc([C@@H]3CCCNC3)nc(C)n2)CCO1. The van der Waals surface area contributed by atoms with Crippen molar-refractivity contribution in [2.24, 2.45) is 0 Å². The molecule has 0 spiro atoms. The molecular formula is C18H30N4O. The van der Waals surface area contributed by atoms with Crippen LogP contribution in [0.4, 0.5) is 5.82 Å². The average molecular weight is 318 g/mol. The van der Waals surface area contributed by atoms with Gasteiger partial charge in [-0.15, -0.1) is 0 Å². The number of nitrogens with zero attached hydrogens (tertiary/aromatic N) is 3. The Kier molecular flexibility index (Phi) is 5.17. The van der Waals surface area contributed by atoms with Gasteiger partial charge in [0, 0.05) is 31.6 Å². The second-order valence-electron chi connectivity index (χ2n) is 6.90. The van der Waals surface area contributed by atoms with Crippen LogP contribution >= 0.6 is 0 Å². The summed E-state index contributed by atoms with van der Waals surface area (Å²) in [7, 11) is 0. The van der Waals surface area contributed by atoms with E-state index in [1.165, 1.54) is 18.5 Å². The lowest BCUT2D eigenvalue weighted by Crippen LogP contribution is -2.51. The monoisotopic (exact) mass is 318 g/mol. The third-order valence-electron chi connectivity index (χ3n) is 5.42. The molecule has 2 aliphatic rings. The first-order valence-electron chi connectivity index (χ1n) is 9.11. The summed E-state index contributed by atoms with van der Waals surface area (Å²) in [4.78, 5) is 11.8. The van der Waals surface area contributed by atoms with Crippen molar-refractivity contribution in [2.75, 3.05) is 37.7 Å². The molecule has 0 aliphatic carbocycles. The van der Waals surface area contributed by atoms with E-state index in [0.717, 1.165) is 57.3 Å². The van der Waals surface area contributed by atoms with Crippen LogP contribution in [0.25, 0.3) is 0 Å². The highest BCUT2D eigenvalue weighted by Crippen LogP contribution is 2.30. The Bertz CT molecular complexity index is 524. The van der Waals surface area contributed by atoms with Gasteiger partial charge < -0.3 is 15.0 Å². The molecule has 1 N–H and O–H groups in total. The fraction of sp³-hybridized carbons (Fsp3) is 0.778. The van der Waals surface area contributed by atoms with Crippen LogP contribution in [0.5, 0.6) is 0 Å². The van der Waals surface area contributed by atoms with Gasteiger partial charge in [-0.1, -0.05) is 13.8 Å². The van der Waals surface area contributed by atoms with E-state index in [2.05, 4.69) is 30.1 Å². The molecule has 2 saturated heterocycles. The fourth-order valence-corrected chi connectivity index (χ4v) is 3.77. The summed E-state index contributed by atoms with van der Waals surface area (Å²) in [5, 5.41) is 3.49. The minimum Gasteiger partial charge on any atom is -0.371 e. The standard InChI is InChI=1S/C18H30N4O/c1-4-18(5-2)13-22(9-10-23-18)17-11-16(20-14(3)21-17)15-7-6-8-19-12-15/h11,15,19H,4-10,12-13H2,1-3H3/t15-/m1/s1. The topological polar surface area (TPSA) is 50.3 Å². The summed E-state index contributed by atoms with van der Waals surface area (Å²) in [6.45, 7) is 11.2. The van der Waals surface area contributed by atoms with Crippen molar-refractivity contribution < 1.29 is 4.74 Å². The van der Waals surface area contributed by atoms with E-state index in [4.69, 9.17) is 14.7 Å². The summed E-state index contributed by atoms with van der Waals surface area (Å²) in [5.41, 5.74) is 1.17. The number of hydrogen-bond acceptors (Lipinski definition) is 5. The Labute approximate surface area is 139 Å². The third-order valence-corrected chi connectivity index (χ3v) is 5.42. The quantitative estimate of drug-likeness (QED) is 0.925. The highest BCUT2D eigenvalue weighted by atomic mass is 16.5. The lowest BCUT2D eigenvalue weighted by Gasteiger charge is -2.42. The van der Waals surface area contributed by atoms with Crippen molar-refractivity contribution in [3.05, 3.63) is 17.6 Å². The maximum absolute atomic E-state index is 6.10. The van der Waals surface area contributed by atoms with Crippen LogP contribution in [-0.4, -0.2) is 48.4 Å². The zero-order valence-electron chi connectivity index (χ0n) is 14.8. The van der Waals surface area contributed by atoms with Crippen LogP contribution in [0.1, 0.15) is 57.0 Å². The lowest BCUT2D eigenvalue weighted by molar-refractivity contribution is -0.0607. The Hall–Kier alpha value is -1.20. The predicted octanol–water partition coefficient (Wildman–Crippen LogP) is 2.65. The molecule has 0 unspecified atom stereocenters. The van der Waals surface area contributed by atoms with E-state index in [0.29, 0.717) is 5.92 Å². The van der Waals surface area contributed by atoms with Crippen LogP contribution < -0.4 is 10.2 Å². The van der Waals surface area contributed by atoms with E-state index in [-0.39, 0.29) is 5.60 Å². The van der Waals surface area contributed by atoms with Crippen molar-refractivity contribution in [3.63, 3.8) is 0 Å². The second kappa shape index (κ2) is 7.14. The van der Waals surface area contributed by atoms with E-state index in [1.54, 1.807) is 0 Å². The molecule has 1 aromatic rings. The van der Waals surface area contributed by atoms with Gasteiger partial charge in [-0.05, 0) is 39.2 Å². The highest BCUT2D eigenvalue weighted by Gasteiger charge is 2.34. The molecule has 3 heterocycles. The van der Waals surface area contributed by atoms with Gasteiger partial charge in [-0.3, -0.25) is 0 Å². The first-order valence-corrected chi connectivity index (χ1v) is 9.11. The second-order valence-corrected chi connectivity index (χ2v) is 6.90. The molecule has 128 valence electrons. The summed E-state index contributed by atoms with van der Waals surface area (Å²) in [6.07, 6.45) is 4.54. The molecule has 5 nitrogen and oxygen atoms in total. The molecule has 5 heteroatoms. The Balaban J connectivity index is 1.83. The van der Waals surface area contributed by atoms with E-state index in [9.17, 15) is 0 Å². The summed E-state index contributed by atoms with van der Waals surface area (Å²) in [5.74, 6) is 2.48. The average Bonchev–Trinajstić information content (AvgIpc) is 2.62. The van der Waals surface area contributed by atoms with Crippen molar-refractivity contribution in [2.45, 2.75) is 58.0 Å². The summed E-state index contributed by atoms with van der Waals surface area (Å²) < 4.78 is 6.10. The molecule has 1 aromatic heterocycles. The van der Waals surface area contributed by atoms with Gasteiger partial charge in [0.05, 0.1) is 17.9 Å². The molecule has 3 rings (SSSR count). The molecule has 2 aliphatic heterocycles. The largest absolute Gasteiger partial charge is 0.371 e. The lowest BCUT2D eigenvalue weighted by atomic mass is 9.94. The molecular weight excluding hydrogens is 288 g/mol. The zero-order chi connectivity index (χ0) is 16.3. The number of aromatic nitrogens is 2. The summed E-state index contributed by atoms with van der Waals surface area (Å²) in [6, 6.07) is 2.21. The van der Waals surface area contributed by atoms with Crippen LogP contribution in [-0.2, 0) is 4.74 Å². The molecule has 1 atom stereocenters. The number of morpholine rings is 1. The van der Waals surface area contributed by atoms with Gasteiger partial charge in [-0.2, -0.15) is 0 Å². The van der Waals surface area contributed by atoms with E-state index < -0.39 is 0 Å². The van der Waals surface area contributed by atoms with Crippen molar-refractivity contribution in [1.29, 1.82) is 0 Å². The number of hydrogen-bond donors (Lipinski definition) is 1. The van der Waals surface area contributed by atoms with E-state index in [1.807, 2.05) is 6.92 Å². The smallest absolute Gasteiger partial charge is 0.132 e. The molecule has 0 aromatic carbocycles. The minimum atomic E-state index is -0.0241. The zero-order valence-corrected chi connectivity index (χ0v) is 14.8. The van der Waals surface area contributed by atoms with Crippen molar-refractivity contribution >= 4 is 5.82 Å². The maximum Gasteiger partial charge on any atom is 0.132 e. The molecule has 0 amide bonds. The van der Waals surface area contributed by atoms with Gasteiger partial charge in [0.15, 0.2) is 0 Å². The number of piperidine rings is 1. The van der Waals surface area contributed by atoms with E-state index >= 15 is 0 Å². The summed E-state index contributed by atoms with van der Waals surface area (Å²) >= 11 is 0. The van der Waals surface area contributed by atoms with Crippen LogP contribution in [0, 0.1) is 6.92 Å². The molecule has 23 heavy (non-hydrogen) atoms. The molecule has 0 bridgehead atoms. The number of nitrogens with one attached hydrogen (secondary N) is 1. The highest BCUT2D eigenvalue weighted by molar-refractivity contribution is 5.42. The van der Waals surface area contributed by atoms with Crippen LogP contribution in [0.15, 0.2) is 6.07 Å². The van der Waals surface area contributed by atoms with Gasteiger partial charge in [0.25, 0.3) is 0 Å². The number of rotatable bonds is 4. The van der Waals surface area contributed by atoms with Crippen LogP contribution in [0.3, 0.4) is 0 Å². The molecule has 0 saturated carbocycles. The number of aryl methyl sites for hydroxylation is 1. The van der Waals surface area contributed by atoms with Crippen LogP contribution in [0.2, 0.25) is 0 Å². The molecule has 2 fully saturated rings. The fourth-order valence-electron chi connectivity index (χ4n) is 3.77. The minimum absolute atomic E-state index is 0.0241. The normalized spacial score (nSPS) is 24.7. The van der Waals surface area contributed by atoms with Gasteiger partial charge >= 0.3 is 0 Å². The molecule has 0 radical (unpaired) electrons. The predicted molar refractivity (Wildman–Crippen MR) is 93.1 cm³/mol. The van der Waals surface area contributed by atoms with Crippen molar-refractivity contribution in [3.8, 4) is 0 Å². The van der Waals surface area contributed by atoms with Gasteiger partial charge in [0.2, 0.25) is 0 Å². The maximum atomic E-state index is 6.10.